The van der Waals surface area contributed by atoms with Crippen LogP contribution in [0.1, 0.15) is 57.2 Å². The number of aromatic nitrogens is 2. The number of ether oxygens (including phenoxy) is 1. The molecule has 152 valence electrons. The van der Waals surface area contributed by atoms with Gasteiger partial charge in [-0.2, -0.15) is 0 Å². The first kappa shape index (κ1) is 21.0. The minimum atomic E-state index is -0.759. The standard InChI is InChI=1S/C24H28N2O3/c1-23(2,3)17-29-24(11-9-19-16-25-13-14-26-19)12-10-20(22(27)28)21(15-24)18-7-5-4-6-8-18/h4-8,13-14,16,20-21H,10,12,15,17H2,1-3H3,(H,27,28)/t20-,21+,24?/m1/s1. The number of aliphatic carboxylic acids is 1. The van der Waals surface area contributed by atoms with Gasteiger partial charge in [0.25, 0.3) is 0 Å². The molecule has 0 radical (unpaired) electrons. The van der Waals surface area contributed by atoms with E-state index in [4.69, 9.17) is 4.74 Å². The van der Waals surface area contributed by atoms with Gasteiger partial charge in [-0.1, -0.05) is 57.0 Å². The van der Waals surface area contributed by atoms with Crippen LogP contribution in [0.2, 0.25) is 0 Å². The van der Waals surface area contributed by atoms with Crippen LogP contribution in [-0.4, -0.2) is 33.3 Å². The molecule has 1 aromatic carbocycles. The molecule has 1 aromatic heterocycles. The van der Waals surface area contributed by atoms with E-state index in [2.05, 4.69) is 42.6 Å². The van der Waals surface area contributed by atoms with E-state index in [9.17, 15) is 9.90 Å². The van der Waals surface area contributed by atoms with Crippen LogP contribution in [0.3, 0.4) is 0 Å². The number of hydrogen-bond acceptors (Lipinski definition) is 4. The Morgan fingerprint density at radius 1 is 1.28 bits per heavy atom. The maximum Gasteiger partial charge on any atom is 0.307 e. The van der Waals surface area contributed by atoms with E-state index < -0.39 is 17.5 Å². The molecule has 1 heterocycles. The van der Waals surface area contributed by atoms with Gasteiger partial charge in [0.1, 0.15) is 11.3 Å². The van der Waals surface area contributed by atoms with Crippen molar-refractivity contribution in [2.24, 2.45) is 11.3 Å². The number of rotatable bonds is 4. The minimum absolute atomic E-state index is 0.0207. The lowest BCUT2D eigenvalue weighted by molar-refractivity contribution is -0.146. The first-order valence-corrected chi connectivity index (χ1v) is 9.99. The highest BCUT2D eigenvalue weighted by molar-refractivity contribution is 5.71. The molecule has 1 N–H and O–H groups in total. The number of carboxylic acid groups (broad SMARTS) is 1. The van der Waals surface area contributed by atoms with E-state index in [1.807, 2.05) is 30.3 Å². The second kappa shape index (κ2) is 8.75. The number of carbonyl (C=O) groups is 1. The zero-order valence-electron chi connectivity index (χ0n) is 17.3. The molecular weight excluding hydrogens is 364 g/mol. The first-order chi connectivity index (χ1) is 13.8. The predicted octanol–water partition coefficient (Wildman–Crippen LogP) is 4.30. The van der Waals surface area contributed by atoms with E-state index in [1.165, 1.54) is 0 Å². The molecule has 0 amide bonds. The van der Waals surface area contributed by atoms with Crippen LogP contribution < -0.4 is 0 Å². The zero-order chi connectivity index (χ0) is 20.9. The molecule has 1 aliphatic carbocycles. The molecule has 0 saturated heterocycles. The summed E-state index contributed by atoms with van der Waals surface area (Å²) in [5.41, 5.74) is 0.872. The molecule has 3 atom stereocenters. The fourth-order valence-electron chi connectivity index (χ4n) is 3.71. The summed E-state index contributed by atoms with van der Waals surface area (Å²) in [6, 6.07) is 9.84. The van der Waals surface area contributed by atoms with E-state index >= 15 is 0 Å². The van der Waals surface area contributed by atoms with Gasteiger partial charge in [-0.25, -0.2) is 4.98 Å². The molecule has 5 nitrogen and oxygen atoms in total. The van der Waals surface area contributed by atoms with Crippen molar-refractivity contribution in [3.8, 4) is 11.8 Å². The minimum Gasteiger partial charge on any atom is -0.481 e. The molecule has 1 aliphatic rings. The normalized spacial score (nSPS) is 24.4. The van der Waals surface area contributed by atoms with Crippen LogP contribution in [0.15, 0.2) is 48.9 Å². The van der Waals surface area contributed by atoms with Crippen molar-refractivity contribution >= 4 is 5.97 Å². The Labute approximate surface area is 172 Å². The molecule has 0 aliphatic heterocycles. The number of carboxylic acids is 1. The summed E-state index contributed by atoms with van der Waals surface area (Å²) in [5, 5.41) is 9.81. The summed E-state index contributed by atoms with van der Waals surface area (Å²) >= 11 is 0. The quantitative estimate of drug-likeness (QED) is 0.786. The number of nitrogens with zero attached hydrogens (tertiary/aromatic N) is 2. The third-order valence-corrected chi connectivity index (χ3v) is 5.20. The second-order valence-corrected chi connectivity index (χ2v) is 8.89. The van der Waals surface area contributed by atoms with Gasteiger partial charge in [0.15, 0.2) is 0 Å². The molecule has 29 heavy (non-hydrogen) atoms. The molecule has 1 fully saturated rings. The van der Waals surface area contributed by atoms with Gasteiger partial charge in [-0.05, 0) is 36.2 Å². The summed E-state index contributed by atoms with van der Waals surface area (Å²) < 4.78 is 6.42. The van der Waals surface area contributed by atoms with Crippen LogP contribution in [0, 0.1) is 23.2 Å². The summed E-state index contributed by atoms with van der Waals surface area (Å²) in [4.78, 5) is 20.3. The average molecular weight is 392 g/mol. The highest BCUT2D eigenvalue weighted by Crippen LogP contribution is 2.45. The fraction of sp³-hybridized carbons (Fsp3) is 0.458. The molecule has 0 bridgehead atoms. The highest BCUT2D eigenvalue weighted by atomic mass is 16.5. The largest absolute Gasteiger partial charge is 0.481 e. The van der Waals surface area contributed by atoms with Crippen LogP contribution in [0.5, 0.6) is 0 Å². The third-order valence-electron chi connectivity index (χ3n) is 5.20. The topological polar surface area (TPSA) is 72.3 Å². The van der Waals surface area contributed by atoms with Gasteiger partial charge in [-0.15, -0.1) is 0 Å². The van der Waals surface area contributed by atoms with Crippen molar-refractivity contribution < 1.29 is 14.6 Å². The monoisotopic (exact) mass is 392 g/mol. The summed E-state index contributed by atoms with van der Waals surface area (Å²) in [7, 11) is 0. The Bertz CT molecular complexity index is 881. The summed E-state index contributed by atoms with van der Waals surface area (Å²) in [6.07, 6.45) is 6.49. The molecular formula is C24H28N2O3. The van der Waals surface area contributed by atoms with Crippen LogP contribution >= 0.6 is 0 Å². The van der Waals surface area contributed by atoms with Gasteiger partial charge in [-0.3, -0.25) is 9.78 Å². The predicted molar refractivity (Wildman–Crippen MR) is 111 cm³/mol. The third kappa shape index (κ3) is 5.65. The lowest BCUT2D eigenvalue weighted by Gasteiger charge is -2.41. The van der Waals surface area contributed by atoms with Crippen LogP contribution in [0.4, 0.5) is 0 Å². The van der Waals surface area contributed by atoms with Crippen LogP contribution in [0.25, 0.3) is 0 Å². The second-order valence-electron chi connectivity index (χ2n) is 8.89. The van der Waals surface area contributed by atoms with Gasteiger partial charge in [0.05, 0.1) is 18.7 Å². The zero-order valence-corrected chi connectivity index (χ0v) is 17.3. The Balaban J connectivity index is 1.96. The molecule has 2 aromatic rings. The number of hydrogen-bond donors (Lipinski definition) is 1. The van der Waals surface area contributed by atoms with Gasteiger partial charge < -0.3 is 9.84 Å². The van der Waals surface area contributed by atoms with Gasteiger partial charge in [0, 0.05) is 18.3 Å². The van der Waals surface area contributed by atoms with Crippen LogP contribution in [-0.2, 0) is 9.53 Å². The fourth-order valence-corrected chi connectivity index (χ4v) is 3.71. The Morgan fingerprint density at radius 3 is 2.66 bits per heavy atom. The van der Waals surface area contributed by atoms with E-state index in [0.717, 1.165) is 5.56 Å². The Kier molecular flexibility index (Phi) is 6.34. The Hall–Kier alpha value is -2.71. The van der Waals surface area contributed by atoms with Gasteiger partial charge in [0.2, 0.25) is 0 Å². The molecule has 3 rings (SSSR count). The summed E-state index contributed by atoms with van der Waals surface area (Å²) in [5.74, 6) is 5.07. The SMILES string of the molecule is CC(C)(C)COC1(C#Cc2cnccn2)CC[C@@H](C(=O)O)[C@H](c2ccccc2)C1. The van der Waals surface area contributed by atoms with Crippen molar-refractivity contribution in [2.75, 3.05) is 6.61 Å². The first-order valence-electron chi connectivity index (χ1n) is 9.99. The Morgan fingerprint density at radius 2 is 2.03 bits per heavy atom. The van der Waals surface area contributed by atoms with Crippen molar-refractivity contribution in [3.05, 3.63) is 60.2 Å². The molecule has 1 saturated carbocycles. The lowest BCUT2D eigenvalue weighted by Crippen LogP contribution is -2.43. The van der Waals surface area contributed by atoms with Gasteiger partial charge >= 0.3 is 5.97 Å². The van der Waals surface area contributed by atoms with Crippen molar-refractivity contribution in [1.29, 1.82) is 0 Å². The van der Waals surface area contributed by atoms with Crippen molar-refractivity contribution in [3.63, 3.8) is 0 Å². The number of benzene rings is 1. The van der Waals surface area contributed by atoms with E-state index in [1.54, 1.807) is 18.6 Å². The van der Waals surface area contributed by atoms with E-state index in [-0.39, 0.29) is 11.3 Å². The molecule has 0 spiro atoms. The lowest BCUT2D eigenvalue weighted by atomic mass is 9.69. The maximum absolute atomic E-state index is 12.0. The smallest absolute Gasteiger partial charge is 0.307 e. The van der Waals surface area contributed by atoms with Crippen molar-refractivity contribution in [2.45, 2.75) is 51.6 Å². The molecule has 1 unspecified atom stereocenters. The maximum atomic E-state index is 12.0. The van der Waals surface area contributed by atoms with E-state index in [0.29, 0.717) is 31.6 Å². The van der Waals surface area contributed by atoms with Crippen molar-refractivity contribution in [1.82, 2.24) is 9.97 Å². The average Bonchev–Trinajstić information content (AvgIpc) is 2.72. The summed E-state index contributed by atoms with van der Waals surface area (Å²) in [6.45, 7) is 6.90. The highest BCUT2D eigenvalue weighted by Gasteiger charge is 2.44. The molecule has 5 heteroatoms.